The van der Waals surface area contributed by atoms with Crippen molar-refractivity contribution in [2.24, 2.45) is 5.92 Å². The van der Waals surface area contributed by atoms with Crippen LogP contribution in [0.5, 0.6) is 0 Å². The smallest absolute Gasteiger partial charge is 0.240 e. The summed E-state index contributed by atoms with van der Waals surface area (Å²) in [6, 6.07) is 7.06. The third-order valence-electron chi connectivity index (χ3n) is 3.09. The van der Waals surface area contributed by atoms with Crippen molar-refractivity contribution in [3.8, 4) is 0 Å². The summed E-state index contributed by atoms with van der Waals surface area (Å²) in [5.41, 5.74) is 0.941. The first-order valence-electron chi connectivity index (χ1n) is 7.21. The van der Waals surface area contributed by atoms with Crippen LogP contribution in [0.15, 0.2) is 29.2 Å². The topological polar surface area (TPSA) is 67.4 Å². The zero-order valence-electron chi connectivity index (χ0n) is 13.2. The average molecular weight is 314 g/mol. The van der Waals surface area contributed by atoms with E-state index in [1.807, 2.05) is 20.0 Å². The van der Waals surface area contributed by atoms with Crippen LogP contribution in [0.2, 0.25) is 0 Å². The fraction of sp³-hybridized carbons (Fsp3) is 0.600. The minimum Gasteiger partial charge on any atom is -0.380 e. The van der Waals surface area contributed by atoms with Gasteiger partial charge in [0.1, 0.15) is 0 Å². The molecule has 1 rings (SSSR count). The Balaban J connectivity index is 2.62. The Hall–Kier alpha value is -0.950. The molecule has 0 saturated carbocycles. The SMILES string of the molecule is CNC(C)c1cccc(S(=O)(=O)NCCOCC(C)C)c1. The standard InChI is InChI=1S/C15H26N2O3S/c1-12(2)11-20-9-8-17-21(18,19)15-7-5-6-14(10-15)13(3)16-4/h5-7,10,12-13,16-17H,8-9,11H2,1-4H3. The summed E-state index contributed by atoms with van der Waals surface area (Å²) in [7, 11) is -1.64. The number of benzene rings is 1. The first kappa shape index (κ1) is 18.1. The average Bonchev–Trinajstić information content (AvgIpc) is 2.45. The molecule has 0 aliphatic carbocycles. The summed E-state index contributed by atoms with van der Waals surface area (Å²) >= 11 is 0. The van der Waals surface area contributed by atoms with E-state index in [1.54, 1.807) is 18.2 Å². The summed E-state index contributed by atoms with van der Waals surface area (Å²) in [4.78, 5) is 0.283. The quantitative estimate of drug-likeness (QED) is 0.683. The van der Waals surface area contributed by atoms with E-state index in [2.05, 4.69) is 23.9 Å². The molecule has 2 N–H and O–H groups in total. The van der Waals surface area contributed by atoms with E-state index in [9.17, 15) is 8.42 Å². The maximum absolute atomic E-state index is 12.2. The minimum atomic E-state index is -3.48. The van der Waals surface area contributed by atoms with Gasteiger partial charge in [0.2, 0.25) is 10.0 Å². The van der Waals surface area contributed by atoms with Crippen molar-refractivity contribution in [3.63, 3.8) is 0 Å². The van der Waals surface area contributed by atoms with Crippen LogP contribution in [0.1, 0.15) is 32.4 Å². The van der Waals surface area contributed by atoms with Gasteiger partial charge in [-0.05, 0) is 37.6 Å². The molecule has 0 aliphatic rings. The zero-order valence-corrected chi connectivity index (χ0v) is 14.0. The van der Waals surface area contributed by atoms with Gasteiger partial charge in [0.05, 0.1) is 11.5 Å². The molecule has 0 saturated heterocycles. The highest BCUT2D eigenvalue weighted by molar-refractivity contribution is 7.89. The van der Waals surface area contributed by atoms with Gasteiger partial charge < -0.3 is 10.1 Å². The molecule has 0 bridgehead atoms. The molecule has 0 aliphatic heterocycles. The van der Waals surface area contributed by atoms with E-state index in [4.69, 9.17) is 4.74 Å². The van der Waals surface area contributed by atoms with Crippen LogP contribution in [0.4, 0.5) is 0 Å². The van der Waals surface area contributed by atoms with E-state index in [0.29, 0.717) is 19.1 Å². The summed E-state index contributed by atoms with van der Waals surface area (Å²) in [5, 5.41) is 3.10. The highest BCUT2D eigenvalue weighted by atomic mass is 32.2. The van der Waals surface area contributed by atoms with Gasteiger partial charge >= 0.3 is 0 Å². The van der Waals surface area contributed by atoms with Gasteiger partial charge in [0.15, 0.2) is 0 Å². The monoisotopic (exact) mass is 314 g/mol. The van der Waals surface area contributed by atoms with Crippen molar-refractivity contribution >= 4 is 10.0 Å². The molecule has 21 heavy (non-hydrogen) atoms. The van der Waals surface area contributed by atoms with Crippen molar-refractivity contribution < 1.29 is 13.2 Å². The maximum Gasteiger partial charge on any atom is 0.240 e. The minimum absolute atomic E-state index is 0.106. The Morgan fingerprint density at radius 2 is 1.95 bits per heavy atom. The molecule has 0 amide bonds. The van der Waals surface area contributed by atoms with Crippen molar-refractivity contribution in [1.82, 2.24) is 10.0 Å². The van der Waals surface area contributed by atoms with Gasteiger partial charge in [0, 0.05) is 19.2 Å². The molecule has 0 aromatic heterocycles. The van der Waals surface area contributed by atoms with Crippen LogP contribution in [0, 0.1) is 5.92 Å². The van der Waals surface area contributed by atoms with E-state index in [0.717, 1.165) is 5.56 Å². The van der Waals surface area contributed by atoms with Crippen molar-refractivity contribution in [1.29, 1.82) is 0 Å². The van der Waals surface area contributed by atoms with Gasteiger partial charge in [0.25, 0.3) is 0 Å². The third-order valence-corrected chi connectivity index (χ3v) is 4.55. The molecular weight excluding hydrogens is 288 g/mol. The second-order valence-corrected chi connectivity index (χ2v) is 7.22. The lowest BCUT2D eigenvalue weighted by atomic mass is 10.1. The Morgan fingerprint density at radius 3 is 2.57 bits per heavy atom. The van der Waals surface area contributed by atoms with Crippen LogP contribution >= 0.6 is 0 Å². The zero-order chi connectivity index (χ0) is 15.9. The number of hydrogen-bond acceptors (Lipinski definition) is 4. The molecule has 1 aromatic carbocycles. The maximum atomic E-state index is 12.2. The number of ether oxygens (including phenoxy) is 1. The Labute approximate surface area is 128 Å². The van der Waals surface area contributed by atoms with Crippen LogP contribution in [-0.2, 0) is 14.8 Å². The number of rotatable bonds is 9. The molecule has 1 unspecified atom stereocenters. The largest absolute Gasteiger partial charge is 0.380 e. The molecule has 0 fully saturated rings. The van der Waals surface area contributed by atoms with E-state index >= 15 is 0 Å². The fourth-order valence-electron chi connectivity index (χ4n) is 1.77. The van der Waals surface area contributed by atoms with Crippen LogP contribution in [0.25, 0.3) is 0 Å². The van der Waals surface area contributed by atoms with Gasteiger partial charge in [-0.1, -0.05) is 26.0 Å². The molecule has 1 aromatic rings. The third kappa shape index (κ3) is 6.13. The molecule has 0 heterocycles. The summed E-state index contributed by atoms with van der Waals surface area (Å²) < 4.78 is 32.3. The lowest BCUT2D eigenvalue weighted by molar-refractivity contribution is 0.114. The predicted molar refractivity (Wildman–Crippen MR) is 84.8 cm³/mol. The normalized spacial score (nSPS) is 13.6. The highest BCUT2D eigenvalue weighted by Gasteiger charge is 2.15. The molecule has 1 atom stereocenters. The summed E-state index contributed by atoms with van der Waals surface area (Å²) in [6.07, 6.45) is 0. The lowest BCUT2D eigenvalue weighted by Crippen LogP contribution is -2.28. The molecule has 0 radical (unpaired) electrons. The van der Waals surface area contributed by atoms with E-state index in [-0.39, 0.29) is 17.5 Å². The molecule has 5 nitrogen and oxygen atoms in total. The van der Waals surface area contributed by atoms with Gasteiger partial charge in [-0.25, -0.2) is 13.1 Å². The summed E-state index contributed by atoms with van der Waals surface area (Å²) in [5.74, 6) is 0.446. The van der Waals surface area contributed by atoms with E-state index < -0.39 is 10.0 Å². The molecular formula is C15H26N2O3S. The van der Waals surface area contributed by atoms with Crippen molar-refractivity contribution in [2.45, 2.75) is 31.7 Å². The predicted octanol–water partition coefficient (Wildman–Crippen LogP) is 1.92. The fourth-order valence-corrected chi connectivity index (χ4v) is 2.84. The second-order valence-electron chi connectivity index (χ2n) is 5.45. The number of nitrogens with one attached hydrogen (secondary N) is 2. The van der Waals surface area contributed by atoms with Crippen molar-refractivity contribution in [2.75, 3.05) is 26.8 Å². The second kappa shape index (κ2) is 8.48. The van der Waals surface area contributed by atoms with Crippen LogP contribution in [0.3, 0.4) is 0 Å². The van der Waals surface area contributed by atoms with Gasteiger partial charge in [-0.2, -0.15) is 0 Å². The molecule has 120 valence electrons. The Kier molecular flexibility index (Phi) is 7.31. The van der Waals surface area contributed by atoms with Crippen molar-refractivity contribution in [3.05, 3.63) is 29.8 Å². The van der Waals surface area contributed by atoms with Crippen LogP contribution in [-0.4, -0.2) is 35.2 Å². The molecule has 6 heteroatoms. The Morgan fingerprint density at radius 1 is 1.24 bits per heavy atom. The number of hydrogen-bond donors (Lipinski definition) is 2. The first-order valence-corrected chi connectivity index (χ1v) is 8.69. The van der Waals surface area contributed by atoms with Gasteiger partial charge in [-0.3, -0.25) is 0 Å². The summed E-state index contributed by atoms with van der Waals surface area (Å²) in [6.45, 7) is 7.39. The number of sulfonamides is 1. The van der Waals surface area contributed by atoms with Crippen LogP contribution < -0.4 is 10.0 Å². The lowest BCUT2D eigenvalue weighted by Gasteiger charge is -2.13. The van der Waals surface area contributed by atoms with E-state index in [1.165, 1.54) is 0 Å². The molecule has 0 spiro atoms. The van der Waals surface area contributed by atoms with Gasteiger partial charge in [-0.15, -0.1) is 0 Å². The first-order chi connectivity index (χ1) is 9.86. The Bertz CT molecular complexity index is 529. The highest BCUT2D eigenvalue weighted by Crippen LogP contribution is 2.16.